The lowest BCUT2D eigenvalue weighted by molar-refractivity contribution is -0.130. The zero-order valence-corrected chi connectivity index (χ0v) is 17.8. The lowest BCUT2D eigenvalue weighted by Crippen LogP contribution is -2.56. The molecule has 1 N–H and O–H groups in total. The van der Waals surface area contributed by atoms with Crippen LogP contribution in [0.2, 0.25) is 0 Å². The van der Waals surface area contributed by atoms with Gasteiger partial charge in [0.15, 0.2) is 5.11 Å². The van der Waals surface area contributed by atoms with E-state index in [9.17, 15) is 9.59 Å². The van der Waals surface area contributed by atoms with E-state index >= 15 is 0 Å². The number of para-hydroxylation sites is 1. The highest BCUT2D eigenvalue weighted by atomic mass is 32.1. The fourth-order valence-corrected chi connectivity index (χ4v) is 4.07. The summed E-state index contributed by atoms with van der Waals surface area (Å²) in [5, 5.41) is 3.82. The van der Waals surface area contributed by atoms with Crippen molar-refractivity contribution < 1.29 is 9.59 Å². The molecule has 0 radical (unpaired) electrons. The monoisotopic (exact) mass is 417 g/mol. The van der Waals surface area contributed by atoms with E-state index in [1.807, 2.05) is 62.5 Å². The Hall–Kier alpha value is -3.25. The molecule has 2 aromatic carbocycles. The van der Waals surface area contributed by atoms with Gasteiger partial charge in [-0.05, 0) is 43.3 Å². The van der Waals surface area contributed by atoms with E-state index in [4.69, 9.17) is 12.2 Å². The Morgan fingerprint density at radius 1 is 1.07 bits per heavy atom. The molecule has 4 rings (SSSR count). The van der Waals surface area contributed by atoms with E-state index in [-0.39, 0.29) is 22.6 Å². The van der Waals surface area contributed by atoms with Gasteiger partial charge in [0.1, 0.15) is 5.57 Å². The minimum atomic E-state index is -0.454. The van der Waals surface area contributed by atoms with Crippen LogP contribution in [-0.4, -0.2) is 32.4 Å². The van der Waals surface area contributed by atoms with Crippen molar-refractivity contribution >= 4 is 46.1 Å². The lowest BCUT2D eigenvalue weighted by Gasteiger charge is -2.33. The predicted octanol–water partition coefficient (Wildman–Crippen LogP) is 4.11. The number of amides is 2. The third kappa shape index (κ3) is 3.66. The first-order valence-electron chi connectivity index (χ1n) is 10.0. The summed E-state index contributed by atoms with van der Waals surface area (Å²) in [4.78, 5) is 27.2. The molecule has 2 amide bonds. The number of nitrogens with zero attached hydrogens (tertiary/aromatic N) is 2. The molecule has 152 valence electrons. The molecule has 1 saturated heterocycles. The van der Waals surface area contributed by atoms with Crippen molar-refractivity contribution in [1.82, 2.24) is 14.8 Å². The summed E-state index contributed by atoms with van der Waals surface area (Å²) >= 11 is 5.24. The second-order valence-electron chi connectivity index (χ2n) is 7.46. The molecule has 2 heterocycles. The second-order valence-corrected chi connectivity index (χ2v) is 7.85. The predicted molar refractivity (Wildman–Crippen MR) is 123 cm³/mol. The average Bonchev–Trinajstić information content (AvgIpc) is 3.09. The molecule has 1 aromatic heterocycles. The van der Waals surface area contributed by atoms with Gasteiger partial charge in [0.05, 0.1) is 0 Å². The first-order valence-corrected chi connectivity index (χ1v) is 10.4. The maximum atomic E-state index is 13.1. The molecule has 1 fully saturated rings. The second kappa shape index (κ2) is 8.24. The third-order valence-corrected chi connectivity index (χ3v) is 5.78. The zero-order chi connectivity index (χ0) is 21.3. The van der Waals surface area contributed by atoms with Crippen LogP contribution in [0.25, 0.3) is 17.0 Å². The lowest BCUT2D eigenvalue weighted by atomic mass is 10.1. The standard InChI is InChI=1S/C24H23N3O2S/c1-3-16(2)27-23(29)20(22(28)25-24(27)30)13-18-15-26(14-17-9-5-4-6-10-17)21-12-8-7-11-19(18)21/h4-13,15-16H,3,14H2,1-2H3,(H,25,28,30)/t16-/m1/s1. The Morgan fingerprint density at radius 3 is 2.50 bits per heavy atom. The smallest absolute Gasteiger partial charge is 0.265 e. The molecule has 1 aliphatic rings. The van der Waals surface area contributed by atoms with Crippen LogP contribution in [0.15, 0.2) is 66.4 Å². The Balaban J connectivity index is 1.77. The largest absolute Gasteiger partial charge is 0.342 e. The highest BCUT2D eigenvalue weighted by Crippen LogP contribution is 2.26. The summed E-state index contributed by atoms with van der Waals surface area (Å²) in [6.45, 7) is 4.61. The highest BCUT2D eigenvalue weighted by molar-refractivity contribution is 7.80. The molecule has 1 aliphatic heterocycles. The fraction of sp³-hybridized carbons (Fsp3) is 0.208. The number of fused-ring (bicyclic) bond motifs is 1. The van der Waals surface area contributed by atoms with Gasteiger partial charge in [0, 0.05) is 35.2 Å². The number of aromatic nitrogens is 1. The molecule has 3 aromatic rings. The number of carbonyl (C=O) groups excluding carboxylic acids is 2. The number of carbonyl (C=O) groups is 2. The van der Waals surface area contributed by atoms with Crippen molar-refractivity contribution in [1.29, 1.82) is 0 Å². The molecule has 0 saturated carbocycles. The summed E-state index contributed by atoms with van der Waals surface area (Å²) in [5.41, 5.74) is 3.16. The molecular weight excluding hydrogens is 394 g/mol. The van der Waals surface area contributed by atoms with E-state index in [2.05, 4.69) is 22.0 Å². The Bertz CT molecular complexity index is 1160. The Kier molecular flexibility index (Phi) is 5.50. The van der Waals surface area contributed by atoms with E-state index < -0.39 is 5.91 Å². The number of nitrogens with one attached hydrogen (secondary N) is 1. The number of hydrogen-bond acceptors (Lipinski definition) is 3. The summed E-state index contributed by atoms with van der Waals surface area (Å²) in [6, 6.07) is 18.1. The number of thiocarbonyl (C=S) groups is 1. The van der Waals surface area contributed by atoms with Crippen LogP contribution in [0.3, 0.4) is 0 Å². The maximum Gasteiger partial charge on any atom is 0.265 e. The van der Waals surface area contributed by atoms with Crippen LogP contribution in [0, 0.1) is 0 Å². The molecule has 6 heteroatoms. The van der Waals surface area contributed by atoms with E-state index in [1.165, 1.54) is 10.5 Å². The Labute approximate surface area is 181 Å². The van der Waals surface area contributed by atoms with Crippen molar-refractivity contribution in [3.8, 4) is 0 Å². The van der Waals surface area contributed by atoms with Crippen LogP contribution >= 0.6 is 12.2 Å². The molecule has 0 unspecified atom stereocenters. The van der Waals surface area contributed by atoms with Crippen LogP contribution < -0.4 is 5.32 Å². The minimum absolute atomic E-state index is 0.0894. The molecule has 0 bridgehead atoms. The van der Waals surface area contributed by atoms with E-state index in [1.54, 1.807) is 6.08 Å². The minimum Gasteiger partial charge on any atom is -0.342 e. The van der Waals surface area contributed by atoms with Gasteiger partial charge >= 0.3 is 0 Å². The van der Waals surface area contributed by atoms with Gasteiger partial charge in [-0.2, -0.15) is 0 Å². The van der Waals surface area contributed by atoms with Gasteiger partial charge in [0.25, 0.3) is 11.8 Å². The van der Waals surface area contributed by atoms with Crippen molar-refractivity contribution in [2.24, 2.45) is 0 Å². The number of hydrogen-bond donors (Lipinski definition) is 1. The van der Waals surface area contributed by atoms with Gasteiger partial charge in [-0.1, -0.05) is 55.5 Å². The van der Waals surface area contributed by atoms with Gasteiger partial charge < -0.3 is 4.57 Å². The number of rotatable bonds is 5. The van der Waals surface area contributed by atoms with E-state index in [0.717, 1.165) is 22.9 Å². The number of benzene rings is 2. The van der Waals surface area contributed by atoms with Gasteiger partial charge in [-0.15, -0.1) is 0 Å². The quantitative estimate of drug-likeness (QED) is 0.386. The van der Waals surface area contributed by atoms with Gasteiger partial charge in [0.2, 0.25) is 0 Å². The summed E-state index contributed by atoms with van der Waals surface area (Å²) < 4.78 is 2.14. The molecule has 0 aliphatic carbocycles. The Morgan fingerprint density at radius 2 is 1.77 bits per heavy atom. The molecule has 0 spiro atoms. The normalized spacial score (nSPS) is 16.9. The van der Waals surface area contributed by atoms with Gasteiger partial charge in [-0.25, -0.2) is 0 Å². The summed E-state index contributed by atoms with van der Waals surface area (Å²) in [6.07, 6.45) is 4.41. The zero-order valence-electron chi connectivity index (χ0n) is 17.0. The van der Waals surface area contributed by atoms with Crippen LogP contribution in [0.5, 0.6) is 0 Å². The molecule has 30 heavy (non-hydrogen) atoms. The highest BCUT2D eigenvalue weighted by Gasteiger charge is 2.35. The SMILES string of the molecule is CC[C@@H](C)N1C(=O)C(=Cc2cn(Cc3ccccc3)c3ccccc23)C(=O)NC1=S. The molecule has 5 nitrogen and oxygen atoms in total. The molecule has 1 atom stereocenters. The first-order chi connectivity index (χ1) is 14.5. The van der Waals surface area contributed by atoms with Crippen molar-refractivity contribution in [3.05, 3.63) is 77.5 Å². The maximum absolute atomic E-state index is 13.1. The molecular formula is C24H23N3O2S. The fourth-order valence-electron chi connectivity index (χ4n) is 3.71. The summed E-state index contributed by atoms with van der Waals surface area (Å²) in [5.74, 6) is -0.803. The average molecular weight is 418 g/mol. The third-order valence-electron chi connectivity index (χ3n) is 5.48. The van der Waals surface area contributed by atoms with Crippen molar-refractivity contribution in [2.45, 2.75) is 32.9 Å². The van der Waals surface area contributed by atoms with E-state index in [0.29, 0.717) is 6.54 Å². The van der Waals surface area contributed by atoms with Crippen molar-refractivity contribution in [2.75, 3.05) is 0 Å². The topological polar surface area (TPSA) is 54.3 Å². The first kappa shape index (κ1) is 20.0. The van der Waals surface area contributed by atoms with Crippen molar-refractivity contribution in [3.63, 3.8) is 0 Å². The van der Waals surface area contributed by atoms with Crippen LogP contribution in [0.1, 0.15) is 31.4 Å². The van der Waals surface area contributed by atoms with Crippen LogP contribution in [-0.2, 0) is 16.1 Å². The van der Waals surface area contributed by atoms with Crippen LogP contribution in [0.4, 0.5) is 0 Å². The summed E-state index contributed by atoms with van der Waals surface area (Å²) in [7, 11) is 0. The van der Waals surface area contributed by atoms with Gasteiger partial charge in [-0.3, -0.25) is 19.8 Å².